The van der Waals surface area contributed by atoms with Crippen LogP contribution in [-0.4, -0.2) is 31.6 Å². The first-order valence-corrected chi connectivity index (χ1v) is 10.9. The molecule has 0 saturated carbocycles. The summed E-state index contributed by atoms with van der Waals surface area (Å²) in [6.07, 6.45) is 1.71. The number of ether oxygens (including phenoxy) is 4. The first-order valence-electron chi connectivity index (χ1n) is 10.5. The molecule has 3 aromatic carbocycles. The third-order valence-corrected chi connectivity index (χ3v) is 5.96. The SMILES string of the molecule is COc1ccc(/C=C2\Oc3c(ccc4c3CN(Cc3ccc(Cl)cc3)CO4)C2=O)cc1OC. The topological polar surface area (TPSA) is 57.2 Å². The standard InChI is InChI=1S/C26H22ClNO5/c1-30-22-9-5-17(11-23(22)31-2)12-24-25(29)19-8-10-21-20(26(19)33-24)14-28(15-32-21)13-16-3-6-18(27)7-4-16/h3-12H,13-15H2,1-2H3/b24-12-. The van der Waals surface area contributed by atoms with Gasteiger partial charge in [0.2, 0.25) is 5.78 Å². The molecule has 0 atom stereocenters. The zero-order chi connectivity index (χ0) is 22.9. The number of fused-ring (bicyclic) bond motifs is 3. The van der Waals surface area contributed by atoms with Crippen LogP contribution in [0.3, 0.4) is 0 Å². The van der Waals surface area contributed by atoms with Crippen LogP contribution in [0.1, 0.15) is 27.0 Å². The highest BCUT2D eigenvalue weighted by Gasteiger charge is 2.33. The molecule has 0 N–H and O–H groups in total. The van der Waals surface area contributed by atoms with Gasteiger partial charge in [-0.25, -0.2) is 0 Å². The summed E-state index contributed by atoms with van der Waals surface area (Å²) >= 11 is 6.00. The second-order valence-corrected chi connectivity index (χ2v) is 8.30. The molecule has 0 fully saturated rings. The maximum Gasteiger partial charge on any atom is 0.231 e. The second kappa shape index (κ2) is 8.81. The predicted octanol–water partition coefficient (Wildman–Crippen LogP) is 5.33. The van der Waals surface area contributed by atoms with Crippen LogP contribution in [0.15, 0.2) is 60.4 Å². The Kier molecular flexibility index (Phi) is 5.70. The van der Waals surface area contributed by atoms with E-state index >= 15 is 0 Å². The summed E-state index contributed by atoms with van der Waals surface area (Å²) in [5, 5.41) is 0.706. The Bertz CT molecular complexity index is 1250. The van der Waals surface area contributed by atoms with Crippen molar-refractivity contribution in [3.8, 4) is 23.0 Å². The minimum absolute atomic E-state index is 0.155. The molecule has 0 aliphatic carbocycles. The number of Topliss-reactive ketones (excluding diaryl/α,β-unsaturated/α-hetero) is 1. The Labute approximate surface area is 196 Å². The van der Waals surface area contributed by atoms with Gasteiger partial charge in [0.1, 0.15) is 18.2 Å². The number of carbonyl (C=O) groups excluding carboxylic acids is 1. The molecule has 0 spiro atoms. The van der Waals surface area contributed by atoms with E-state index in [-0.39, 0.29) is 11.5 Å². The maximum absolute atomic E-state index is 13.1. The van der Waals surface area contributed by atoms with Crippen molar-refractivity contribution in [2.24, 2.45) is 0 Å². The fourth-order valence-corrected chi connectivity index (χ4v) is 4.17. The third-order valence-electron chi connectivity index (χ3n) is 5.71. The molecule has 2 aliphatic rings. The number of hydrogen-bond acceptors (Lipinski definition) is 6. The largest absolute Gasteiger partial charge is 0.493 e. The maximum atomic E-state index is 13.1. The van der Waals surface area contributed by atoms with Gasteiger partial charge in [0.25, 0.3) is 0 Å². The molecule has 33 heavy (non-hydrogen) atoms. The molecule has 0 amide bonds. The quantitative estimate of drug-likeness (QED) is 0.477. The van der Waals surface area contributed by atoms with Gasteiger partial charge in [0, 0.05) is 18.1 Å². The highest BCUT2D eigenvalue weighted by Crippen LogP contribution is 2.42. The molecule has 0 unspecified atom stereocenters. The number of rotatable bonds is 5. The van der Waals surface area contributed by atoms with Gasteiger partial charge in [-0.3, -0.25) is 9.69 Å². The summed E-state index contributed by atoms with van der Waals surface area (Å²) in [5.41, 5.74) is 3.32. The summed E-state index contributed by atoms with van der Waals surface area (Å²) < 4.78 is 22.7. The van der Waals surface area contributed by atoms with E-state index in [0.29, 0.717) is 47.7 Å². The molecule has 7 heteroatoms. The van der Waals surface area contributed by atoms with Crippen molar-refractivity contribution in [3.05, 3.63) is 87.6 Å². The summed E-state index contributed by atoms with van der Waals surface area (Å²) in [6, 6.07) is 16.8. The molecular weight excluding hydrogens is 442 g/mol. The van der Waals surface area contributed by atoms with Gasteiger partial charge in [-0.1, -0.05) is 29.8 Å². The lowest BCUT2D eigenvalue weighted by Crippen LogP contribution is -2.31. The van der Waals surface area contributed by atoms with E-state index in [1.54, 1.807) is 38.5 Å². The van der Waals surface area contributed by atoms with E-state index in [4.69, 9.17) is 30.5 Å². The molecule has 2 aliphatic heterocycles. The Balaban J connectivity index is 1.41. The zero-order valence-electron chi connectivity index (χ0n) is 18.3. The van der Waals surface area contributed by atoms with Crippen LogP contribution < -0.4 is 18.9 Å². The van der Waals surface area contributed by atoms with Gasteiger partial charge in [-0.05, 0) is 53.6 Å². The van der Waals surface area contributed by atoms with Crippen molar-refractivity contribution in [2.75, 3.05) is 21.0 Å². The summed E-state index contributed by atoms with van der Waals surface area (Å²) in [6.45, 7) is 1.76. The van der Waals surface area contributed by atoms with Crippen LogP contribution in [0, 0.1) is 0 Å². The van der Waals surface area contributed by atoms with Crippen LogP contribution in [0.25, 0.3) is 6.08 Å². The molecule has 2 heterocycles. The molecule has 0 radical (unpaired) electrons. The lowest BCUT2D eigenvalue weighted by Gasteiger charge is -2.29. The fraction of sp³-hybridized carbons (Fsp3) is 0.192. The first kappa shape index (κ1) is 21.4. The number of hydrogen-bond donors (Lipinski definition) is 0. The minimum Gasteiger partial charge on any atom is -0.493 e. The van der Waals surface area contributed by atoms with E-state index < -0.39 is 0 Å². The van der Waals surface area contributed by atoms with Crippen LogP contribution in [0.4, 0.5) is 0 Å². The highest BCUT2D eigenvalue weighted by molar-refractivity contribution is 6.30. The van der Waals surface area contributed by atoms with Crippen molar-refractivity contribution in [1.29, 1.82) is 0 Å². The first-order chi connectivity index (χ1) is 16.1. The highest BCUT2D eigenvalue weighted by atomic mass is 35.5. The monoisotopic (exact) mass is 463 g/mol. The zero-order valence-corrected chi connectivity index (χ0v) is 19.0. The van der Waals surface area contributed by atoms with Crippen molar-refractivity contribution < 1.29 is 23.7 Å². The summed E-state index contributed by atoms with van der Waals surface area (Å²) in [7, 11) is 3.15. The lowest BCUT2D eigenvalue weighted by molar-refractivity contribution is 0.0873. The smallest absolute Gasteiger partial charge is 0.231 e. The van der Waals surface area contributed by atoms with Crippen LogP contribution >= 0.6 is 11.6 Å². The van der Waals surface area contributed by atoms with Crippen molar-refractivity contribution in [1.82, 2.24) is 4.90 Å². The number of carbonyl (C=O) groups is 1. The Morgan fingerprint density at radius 2 is 1.82 bits per heavy atom. The normalized spacial score (nSPS) is 16.1. The predicted molar refractivity (Wildman–Crippen MR) is 125 cm³/mol. The molecular formula is C26H22ClNO5. The summed E-state index contributed by atoms with van der Waals surface area (Å²) in [4.78, 5) is 15.2. The van der Waals surface area contributed by atoms with Gasteiger partial charge in [-0.2, -0.15) is 0 Å². The number of methoxy groups -OCH3 is 2. The number of halogens is 1. The Morgan fingerprint density at radius 1 is 1.03 bits per heavy atom. The molecule has 5 rings (SSSR count). The molecule has 0 bridgehead atoms. The van der Waals surface area contributed by atoms with Gasteiger partial charge >= 0.3 is 0 Å². The number of ketones is 1. The van der Waals surface area contributed by atoms with E-state index in [2.05, 4.69) is 4.90 Å². The third kappa shape index (κ3) is 4.15. The second-order valence-electron chi connectivity index (χ2n) is 7.86. The van der Waals surface area contributed by atoms with Crippen LogP contribution in [-0.2, 0) is 13.1 Å². The summed E-state index contributed by atoms with van der Waals surface area (Å²) in [5.74, 6) is 2.61. The van der Waals surface area contributed by atoms with Gasteiger partial charge in [-0.15, -0.1) is 0 Å². The number of benzene rings is 3. The van der Waals surface area contributed by atoms with Crippen LogP contribution in [0.5, 0.6) is 23.0 Å². The van der Waals surface area contributed by atoms with Gasteiger partial charge < -0.3 is 18.9 Å². The van der Waals surface area contributed by atoms with Crippen LogP contribution in [0.2, 0.25) is 5.02 Å². The van der Waals surface area contributed by atoms with E-state index in [1.807, 2.05) is 36.4 Å². The average molecular weight is 464 g/mol. The Morgan fingerprint density at radius 3 is 2.58 bits per heavy atom. The number of allylic oxidation sites excluding steroid dienone is 1. The minimum atomic E-state index is -0.155. The van der Waals surface area contributed by atoms with Crippen molar-refractivity contribution in [3.63, 3.8) is 0 Å². The molecule has 168 valence electrons. The Hall–Kier alpha value is -3.48. The molecule has 0 aromatic heterocycles. The van der Waals surface area contributed by atoms with Crippen molar-refractivity contribution in [2.45, 2.75) is 13.1 Å². The molecule has 0 saturated heterocycles. The van der Waals surface area contributed by atoms with Crippen molar-refractivity contribution >= 4 is 23.5 Å². The number of nitrogens with zero attached hydrogens (tertiary/aromatic N) is 1. The average Bonchev–Trinajstić information content (AvgIpc) is 3.16. The van der Waals surface area contributed by atoms with E-state index in [1.165, 1.54) is 0 Å². The van der Waals surface area contributed by atoms with E-state index in [9.17, 15) is 4.79 Å². The lowest BCUT2D eigenvalue weighted by atomic mass is 10.0. The van der Waals surface area contributed by atoms with E-state index in [0.717, 1.165) is 22.4 Å². The molecule has 3 aromatic rings. The fourth-order valence-electron chi connectivity index (χ4n) is 4.05. The molecule has 6 nitrogen and oxygen atoms in total. The van der Waals surface area contributed by atoms with Gasteiger partial charge in [0.15, 0.2) is 17.3 Å². The van der Waals surface area contributed by atoms with Gasteiger partial charge in [0.05, 0.1) is 25.3 Å².